The standard InChI is InChI=1S/C25H21N3OS/c1-17-4-6-20(7-5-17)25-28(23(29)14-16-30-25)21-11-8-18(9-12-21)22-13-10-19-3-2-15-26-24(19)27-22/h2-13,15,25H,14,16H2,1H3. The summed E-state index contributed by atoms with van der Waals surface area (Å²) in [6.45, 7) is 2.08. The number of pyridine rings is 2. The number of thioether (sulfide) groups is 1. The smallest absolute Gasteiger partial charge is 0.229 e. The molecule has 0 radical (unpaired) electrons. The summed E-state index contributed by atoms with van der Waals surface area (Å²) < 4.78 is 0. The molecule has 2 aromatic carbocycles. The summed E-state index contributed by atoms with van der Waals surface area (Å²) in [5.41, 5.74) is 5.92. The van der Waals surface area contributed by atoms with Gasteiger partial charge < -0.3 is 0 Å². The molecule has 4 nitrogen and oxygen atoms in total. The molecule has 0 N–H and O–H groups in total. The lowest BCUT2D eigenvalue weighted by atomic mass is 10.1. The number of carbonyl (C=O) groups is 1. The molecule has 1 aliphatic heterocycles. The van der Waals surface area contributed by atoms with Crippen LogP contribution in [0.5, 0.6) is 0 Å². The zero-order chi connectivity index (χ0) is 20.5. The van der Waals surface area contributed by atoms with Crippen molar-refractivity contribution >= 4 is 34.4 Å². The lowest BCUT2D eigenvalue weighted by Crippen LogP contribution is -2.37. The van der Waals surface area contributed by atoms with Crippen LogP contribution in [0.2, 0.25) is 0 Å². The third-order valence-corrected chi connectivity index (χ3v) is 6.60. The molecule has 0 saturated carbocycles. The lowest BCUT2D eigenvalue weighted by molar-refractivity contribution is -0.118. The van der Waals surface area contributed by atoms with E-state index in [4.69, 9.17) is 0 Å². The van der Waals surface area contributed by atoms with Crippen LogP contribution in [-0.4, -0.2) is 21.6 Å². The highest BCUT2D eigenvalue weighted by atomic mass is 32.2. The Hall–Kier alpha value is -3.18. The average molecular weight is 412 g/mol. The zero-order valence-corrected chi connectivity index (χ0v) is 17.5. The van der Waals surface area contributed by atoms with Crippen LogP contribution in [0.15, 0.2) is 79.0 Å². The monoisotopic (exact) mass is 411 g/mol. The zero-order valence-electron chi connectivity index (χ0n) is 16.7. The molecule has 1 fully saturated rings. The molecule has 0 spiro atoms. The molecule has 1 amide bonds. The maximum Gasteiger partial charge on any atom is 0.229 e. The predicted octanol–water partition coefficient (Wildman–Crippen LogP) is 5.77. The molecular weight excluding hydrogens is 390 g/mol. The largest absolute Gasteiger partial charge is 0.296 e. The number of hydrogen-bond donors (Lipinski definition) is 0. The molecule has 0 aliphatic carbocycles. The molecule has 0 bridgehead atoms. The summed E-state index contributed by atoms with van der Waals surface area (Å²) in [5.74, 6) is 1.01. The molecule has 4 aromatic rings. The van der Waals surface area contributed by atoms with Gasteiger partial charge in [-0.25, -0.2) is 9.97 Å². The summed E-state index contributed by atoms with van der Waals surface area (Å²) in [5, 5.41) is 1.02. The fraction of sp³-hybridized carbons (Fsp3) is 0.160. The second kappa shape index (κ2) is 7.92. The highest BCUT2D eigenvalue weighted by Crippen LogP contribution is 2.40. The van der Waals surface area contributed by atoms with E-state index in [0.29, 0.717) is 6.42 Å². The number of anilines is 1. The molecule has 5 rings (SSSR count). The first-order valence-electron chi connectivity index (χ1n) is 10.0. The molecule has 1 atom stereocenters. The number of benzene rings is 2. The van der Waals surface area contributed by atoms with Crippen LogP contribution in [0, 0.1) is 6.92 Å². The lowest BCUT2D eigenvalue weighted by Gasteiger charge is -2.35. The van der Waals surface area contributed by atoms with Gasteiger partial charge in [-0.2, -0.15) is 0 Å². The van der Waals surface area contributed by atoms with Gasteiger partial charge >= 0.3 is 0 Å². The summed E-state index contributed by atoms with van der Waals surface area (Å²) >= 11 is 1.82. The van der Waals surface area contributed by atoms with E-state index in [-0.39, 0.29) is 11.3 Å². The van der Waals surface area contributed by atoms with Gasteiger partial charge in [0.05, 0.1) is 5.69 Å². The Labute approximate surface area is 180 Å². The van der Waals surface area contributed by atoms with Crippen molar-refractivity contribution in [3.05, 3.63) is 90.1 Å². The number of rotatable bonds is 3. The van der Waals surface area contributed by atoms with E-state index in [1.54, 1.807) is 6.20 Å². The molecule has 30 heavy (non-hydrogen) atoms. The summed E-state index contributed by atoms with van der Waals surface area (Å²) in [4.78, 5) is 23.8. The molecule has 5 heteroatoms. The van der Waals surface area contributed by atoms with Gasteiger partial charge in [0.15, 0.2) is 5.65 Å². The van der Waals surface area contributed by atoms with E-state index in [9.17, 15) is 4.79 Å². The van der Waals surface area contributed by atoms with E-state index >= 15 is 0 Å². The molecular formula is C25H21N3OS. The Morgan fingerprint density at radius 1 is 0.967 bits per heavy atom. The number of hydrogen-bond acceptors (Lipinski definition) is 4. The number of amides is 1. The van der Waals surface area contributed by atoms with E-state index in [1.807, 2.05) is 65.2 Å². The third kappa shape index (κ3) is 3.57. The van der Waals surface area contributed by atoms with E-state index in [0.717, 1.165) is 39.3 Å². The Bertz CT molecular complexity index is 1210. The number of fused-ring (bicyclic) bond motifs is 1. The SMILES string of the molecule is Cc1ccc(C2SCCC(=O)N2c2ccc(-c3ccc4cccnc4n3)cc2)cc1. The van der Waals surface area contributed by atoms with Crippen LogP contribution in [0.1, 0.15) is 22.9 Å². The van der Waals surface area contributed by atoms with Gasteiger partial charge in [0.1, 0.15) is 5.37 Å². The second-order valence-corrected chi connectivity index (χ2v) is 8.63. The molecule has 3 heterocycles. The van der Waals surface area contributed by atoms with Crippen molar-refractivity contribution in [1.82, 2.24) is 9.97 Å². The minimum Gasteiger partial charge on any atom is -0.296 e. The third-order valence-electron chi connectivity index (χ3n) is 5.36. The van der Waals surface area contributed by atoms with Gasteiger partial charge in [-0.3, -0.25) is 9.69 Å². The van der Waals surface area contributed by atoms with Gasteiger partial charge in [-0.15, -0.1) is 11.8 Å². The van der Waals surface area contributed by atoms with Crippen molar-refractivity contribution < 1.29 is 4.79 Å². The second-order valence-electron chi connectivity index (χ2n) is 7.44. The first kappa shape index (κ1) is 18.8. The Morgan fingerprint density at radius 2 is 1.77 bits per heavy atom. The van der Waals surface area contributed by atoms with Crippen molar-refractivity contribution in [2.24, 2.45) is 0 Å². The van der Waals surface area contributed by atoms with Gasteiger partial charge in [0.2, 0.25) is 5.91 Å². The summed E-state index contributed by atoms with van der Waals surface area (Å²) in [6.07, 6.45) is 2.32. The number of aryl methyl sites for hydroxylation is 1. The van der Waals surface area contributed by atoms with Crippen LogP contribution in [0.4, 0.5) is 5.69 Å². The molecule has 1 unspecified atom stereocenters. The quantitative estimate of drug-likeness (QED) is 0.429. The van der Waals surface area contributed by atoms with Crippen molar-refractivity contribution in [3.8, 4) is 11.3 Å². The average Bonchev–Trinajstić information content (AvgIpc) is 2.79. The molecule has 2 aromatic heterocycles. The fourth-order valence-corrected chi connectivity index (χ4v) is 5.00. The van der Waals surface area contributed by atoms with Gasteiger partial charge in [0, 0.05) is 35.0 Å². The normalized spacial score (nSPS) is 16.8. The van der Waals surface area contributed by atoms with Gasteiger partial charge in [-0.1, -0.05) is 42.0 Å². The first-order chi connectivity index (χ1) is 14.7. The maximum atomic E-state index is 12.8. The van der Waals surface area contributed by atoms with Crippen molar-refractivity contribution in [3.63, 3.8) is 0 Å². The number of carbonyl (C=O) groups excluding carboxylic acids is 1. The predicted molar refractivity (Wildman–Crippen MR) is 123 cm³/mol. The Morgan fingerprint density at radius 3 is 2.57 bits per heavy atom. The Balaban J connectivity index is 1.47. The minimum atomic E-state index is 0.000643. The number of aromatic nitrogens is 2. The van der Waals surface area contributed by atoms with Gasteiger partial charge in [-0.05, 0) is 48.9 Å². The summed E-state index contributed by atoms with van der Waals surface area (Å²) in [7, 11) is 0. The first-order valence-corrected chi connectivity index (χ1v) is 11.1. The van der Waals surface area contributed by atoms with Crippen molar-refractivity contribution in [2.75, 3.05) is 10.7 Å². The van der Waals surface area contributed by atoms with E-state index < -0.39 is 0 Å². The maximum absolute atomic E-state index is 12.8. The highest BCUT2D eigenvalue weighted by molar-refractivity contribution is 7.99. The fourth-order valence-electron chi connectivity index (χ4n) is 3.75. The van der Waals surface area contributed by atoms with Crippen molar-refractivity contribution in [2.45, 2.75) is 18.7 Å². The molecule has 1 saturated heterocycles. The number of nitrogens with zero attached hydrogens (tertiary/aromatic N) is 3. The highest BCUT2D eigenvalue weighted by Gasteiger charge is 2.31. The Kier molecular flexibility index (Phi) is 4.97. The summed E-state index contributed by atoms with van der Waals surface area (Å²) in [6, 6.07) is 24.5. The minimum absolute atomic E-state index is 0.000643. The van der Waals surface area contributed by atoms with Crippen LogP contribution in [-0.2, 0) is 4.79 Å². The van der Waals surface area contributed by atoms with Crippen LogP contribution < -0.4 is 4.90 Å². The topological polar surface area (TPSA) is 46.1 Å². The van der Waals surface area contributed by atoms with Crippen LogP contribution in [0.3, 0.4) is 0 Å². The molecule has 1 aliphatic rings. The van der Waals surface area contributed by atoms with Crippen LogP contribution in [0.25, 0.3) is 22.3 Å². The van der Waals surface area contributed by atoms with Crippen LogP contribution >= 0.6 is 11.8 Å². The molecule has 148 valence electrons. The van der Waals surface area contributed by atoms with E-state index in [2.05, 4.69) is 41.2 Å². The van der Waals surface area contributed by atoms with Crippen molar-refractivity contribution in [1.29, 1.82) is 0 Å². The van der Waals surface area contributed by atoms with Gasteiger partial charge in [0.25, 0.3) is 0 Å². The van der Waals surface area contributed by atoms with E-state index in [1.165, 1.54) is 5.56 Å².